The van der Waals surface area contributed by atoms with Crippen molar-refractivity contribution in [3.05, 3.63) is 108 Å². The molecular formula is C32H32ClN5O3. The summed E-state index contributed by atoms with van der Waals surface area (Å²) in [5, 5.41) is 3.82. The van der Waals surface area contributed by atoms with Gasteiger partial charge in [0.15, 0.2) is 0 Å². The number of hydrogen-bond acceptors (Lipinski definition) is 5. The van der Waals surface area contributed by atoms with Crippen LogP contribution >= 0.6 is 12.4 Å². The molecule has 0 radical (unpaired) electrons. The van der Waals surface area contributed by atoms with Gasteiger partial charge in [-0.1, -0.05) is 42.0 Å². The van der Waals surface area contributed by atoms with Gasteiger partial charge >= 0.3 is 0 Å². The number of rotatable bonds is 6. The van der Waals surface area contributed by atoms with Crippen LogP contribution in [0.15, 0.2) is 89.7 Å². The highest BCUT2D eigenvalue weighted by molar-refractivity contribution is 6.13. The Morgan fingerprint density at radius 1 is 0.951 bits per heavy atom. The fourth-order valence-corrected chi connectivity index (χ4v) is 5.40. The molecule has 1 fully saturated rings. The first-order chi connectivity index (χ1) is 19.5. The minimum absolute atomic E-state index is 0. The summed E-state index contributed by atoms with van der Waals surface area (Å²) in [4.78, 5) is 35.2. The first kappa shape index (κ1) is 28.0. The van der Waals surface area contributed by atoms with Crippen molar-refractivity contribution in [3.63, 3.8) is 0 Å². The lowest BCUT2D eigenvalue weighted by Crippen LogP contribution is -2.49. The Labute approximate surface area is 245 Å². The summed E-state index contributed by atoms with van der Waals surface area (Å²) in [5.41, 5.74) is 5.38. The molecule has 8 nitrogen and oxygen atoms in total. The van der Waals surface area contributed by atoms with Crippen LogP contribution in [0.5, 0.6) is 0 Å². The lowest BCUT2D eigenvalue weighted by atomic mass is 10.0. The van der Waals surface area contributed by atoms with Crippen molar-refractivity contribution >= 4 is 40.9 Å². The number of carbonyl (C=O) groups excluding carboxylic acids is 2. The lowest BCUT2D eigenvalue weighted by molar-refractivity contribution is 0.0748. The van der Waals surface area contributed by atoms with Gasteiger partial charge in [-0.05, 0) is 48.9 Å². The van der Waals surface area contributed by atoms with Crippen LogP contribution in [0.4, 0.5) is 5.82 Å². The summed E-state index contributed by atoms with van der Waals surface area (Å²) in [6.45, 7) is 4.87. The number of amides is 2. The first-order valence-electron chi connectivity index (χ1n) is 13.4. The number of benzene rings is 2. The zero-order chi connectivity index (χ0) is 27.6. The van der Waals surface area contributed by atoms with E-state index in [1.165, 1.54) is 0 Å². The van der Waals surface area contributed by atoms with Crippen LogP contribution in [-0.2, 0) is 13.6 Å². The lowest BCUT2D eigenvalue weighted by Gasteiger charge is -2.35. The molecule has 3 aromatic heterocycles. The SMILES string of the molecule is Cc1ccc2c(c1)c(C(=O)N1CCN(c3ccc(C(=O)NCc4ccco4)cn3)CC1)c(-c1ccccc1)n2C.Cl. The average Bonchev–Trinajstić information content (AvgIpc) is 3.62. The molecule has 4 heterocycles. The Bertz CT molecular complexity index is 1660. The van der Waals surface area contributed by atoms with E-state index in [2.05, 4.69) is 57.0 Å². The number of pyridine rings is 1. The number of nitrogens with one attached hydrogen (secondary N) is 1. The molecule has 1 saturated heterocycles. The van der Waals surface area contributed by atoms with E-state index < -0.39 is 0 Å². The monoisotopic (exact) mass is 569 g/mol. The maximum absolute atomic E-state index is 14.1. The first-order valence-corrected chi connectivity index (χ1v) is 13.4. The van der Waals surface area contributed by atoms with Gasteiger partial charge in [-0.15, -0.1) is 12.4 Å². The highest BCUT2D eigenvalue weighted by Gasteiger charge is 2.29. The van der Waals surface area contributed by atoms with Crippen LogP contribution in [0.3, 0.4) is 0 Å². The van der Waals surface area contributed by atoms with Crippen LogP contribution in [0.25, 0.3) is 22.2 Å². The van der Waals surface area contributed by atoms with Crippen molar-refractivity contribution in [1.29, 1.82) is 0 Å². The molecule has 1 N–H and O–H groups in total. The molecule has 2 amide bonds. The second-order valence-corrected chi connectivity index (χ2v) is 10.1. The fourth-order valence-electron chi connectivity index (χ4n) is 5.40. The van der Waals surface area contributed by atoms with Gasteiger partial charge in [-0.3, -0.25) is 9.59 Å². The average molecular weight is 570 g/mol. The number of aromatic nitrogens is 2. The van der Waals surface area contributed by atoms with Gasteiger partial charge in [0.05, 0.1) is 29.6 Å². The number of piperazine rings is 1. The Balaban J connectivity index is 0.00000337. The number of hydrogen-bond donors (Lipinski definition) is 1. The van der Waals surface area contributed by atoms with E-state index in [-0.39, 0.29) is 24.2 Å². The Morgan fingerprint density at radius 2 is 1.73 bits per heavy atom. The van der Waals surface area contributed by atoms with E-state index in [1.54, 1.807) is 24.6 Å². The number of furan rings is 1. The van der Waals surface area contributed by atoms with Crippen LogP contribution in [0.2, 0.25) is 0 Å². The number of aryl methyl sites for hydroxylation is 2. The summed E-state index contributed by atoms with van der Waals surface area (Å²) < 4.78 is 7.39. The Morgan fingerprint density at radius 3 is 2.41 bits per heavy atom. The van der Waals surface area contributed by atoms with Gasteiger partial charge in [0, 0.05) is 50.3 Å². The Hall–Kier alpha value is -4.56. The van der Waals surface area contributed by atoms with E-state index in [0.717, 1.165) is 39.1 Å². The molecule has 1 aliphatic rings. The summed E-state index contributed by atoms with van der Waals surface area (Å²) in [5.74, 6) is 1.33. The quantitative estimate of drug-likeness (QED) is 0.294. The highest BCUT2D eigenvalue weighted by Crippen LogP contribution is 2.35. The summed E-state index contributed by atoms with van der Waals surface area (Å²) in [6.07, 6.45) is 3.17. The number of carbonyl (C=O) groups is 2. The van der Waals surface area contributed by atoms with Crippen molar-refractivity contribution in [1.82, 2.24) is 19.8 Å². The van der Waals surface area contributed by atoms with E-state index >= 15 is 0 Å². The smallest absolute Gasteiger partial charge is 0.256 e. The summed E-state index contributed by atoms with van der Waals surface area (Å²) in [6, 6.07) is 23.7. The molecule has 0 bridgehead atoms. The molecule has 0 saturated carbocycles. The van der Waals surface area contributed by atoms with Crippen LogP contribution < -0.4 is 10.2 Å². The van der Waals surface area contributed by atoms with Crippen molar-refractivity contribution in [2.24, 2.45) is 7.05 Å². The molecule has 9 heteroatoms. The van der Waals surface area contributed by atoms with Gasteiger partial charge in [0.25, 0.3) is 11.8 Å². The van der Waals surface area contributed by atoms with Gasteiger partial charge < -0.3 is 24.1 Å². The number of halogens is 1. The predicted molar refractivity (Wildman–Crippen MR) is 163 cm³/mol. The molecule has 6 rings (SSSR count). The number of anilines is 1. The van der Waals surface area contributed by atoms with Crippen molar-refractivity contribution in [2.45, 2.75) is 13.5 Å². The second-order valence-electron chi connectivity index (χ2n) is 10.1. The van der Waals surface area contributed by atoms with Crippen molar-refractivity contribution < 1.29 is 14.0 Å². The van der Waals surface area contributed by atoms with Crippen LogP contribution in [0.1, 0.15) is 32.0 Å². The zero-order valence-electron chi connectivity index (χ0n) is 23.0. The molecule has 1 aliphatic heterocycles. The molecular weight excluding hydrogens is 538 g/mol. The molecule has 210 valence electrons. The molecule has 41 heavy (non-hydrogen) atoms. The second kappa shape index (κ2) is 11.9. The van der Waals surface area contributed by atoms with Crippen LogP contribution in [-0.4, -0.2) is 52.4 Å². The molecule has 0 spiro atoms. The number of fused-ring (bicyclic) bond motifs is 1. The summed E-state index contributed by atoms with van der Waals surface area (Å²) in [7, 11) is 2.03. The third-order valence-corrected chi connectivity index (χ3v) is 7.52. The van der Waals surface area contributed by atoms with Crippen molar-refractivity contribution in [3.8, 4) is 11.3 Å². The van der Waals surface area contributed by atoms with Gasteiger partial charge in [0.1, 0.15) is 11.6 Å². The number of nitrogens with zero attached hydrogens (tertiary/aromatic N) is 4. The molecule has 5 aromatic rings. The van der Waals surface area contributed by atoms with Gasteiger partial charge in [0.2, 0.25) is 0 Å². The van der Waals surface area contributed by atoms with Gasteiger partial charge in [-0.2, -0.15) is 0 Å². The largest absolute Gasteiger partial charge is 0.467 e. The molecule has 2 aromatic carbocycles. The maximum atomic E-state index is 14.1. The third-order valence-electron chi connectivity index (χ3n) is 7.52. The normalized spacial score (nSPS) is 13.2. The highest BCUT2D eigenvalue weighted by atomic mass is 35.5. The molecule has 0 unspecified atom stereocenters. The zero-order valence-corrected chi connectivity index (χ0v) is 23.9. The van der Waals surface area contributed by atoms with E-state index in [4.69, 9.17) is 4.42 Å². The van der Waals surface area contributed by atoms with Crippen molar-refractivity contribution in [2.75, 3.05) is 31.1 Å². The van der Waals surface area contributed by atoms with E-state index in [1.807, 2.05) is 42.3 Å². The van der Waals surface area contributed by atoms with Gasteiger partial charge in [-0.25, -0.2) is 4.98 Å². The molecule has 0 aliphatic carbocycles. The minimum Gasteiger partial charge on any atom is -0.467 e. The van der Waals surface area contributed by atoms with E-state index in [9.17, 15) is 9.59 Å². The molecule has 0 atom stereocenters. The topological polar surface area (TPSA) is 83.6 Å². The standard InChI is InChI=1S/C32H31N5O3.ClH/c1-22-10-12-27-26(19-22)29(30(35(27)2)23-7-4-3-5-8-23)32(39)37-16-14-36(15-17-37)28-13-11-24(20-33-28)31(38)34-21-25-9-6-18-40-25;/h3-13,18-20H,14-17,21H2,1-2H3,(H,34,38);1H. The summed E-state index contributed by atoms with van der Waals surface area (Å²) >= 11 is 0. The third kappa shape index (κ3) is 5.56. The predicted octanol–water partition coefficient (Wildman–Crippen LogP) is 5.46. The maximum Gasteiger partial charge on any atom is 0.256 e. The van der Waals surface area contributed by atoms with Crippen LogP contribution in [0, 0.1) is 6.92 Å². The minimum atomic E-state index is -0.203. The fraction of sp³-hybridized carbons (Fsp3) is 0.219. The van der Waals surface area contributed by atoms with E-state index in [0.29, 0.717) is 44.0 Å². The Kier molecular flexibility index (Phi) is 8.12.